The van der Waals surface area contributed by atoms with Crippen molar-refractivity contribution in [3.05, 3.63) is 64.8 Å². The van der Waals surface area contributed by atoms with Crippen molar-refractivity contribution in [2.75, 3.05) is 20.7 Å². The van der Waals surface area contributed by atoms with E-state index in [-0.39, 0.29) is 0 Å². The van der Waals surface area contributed by atoms with Gasteiger partial charge >= 0.3 is 0 Å². The predicted molar refractivity (Wildman–Crippen MR) is 102 cm³/mol. The summed E-state index contributed by atoms with van der Waals surface area (Å²) >= 11 is 0. The second-order valence-corrected chi connectivity index (χ2v) is 6.71. The molecule has 1 aliphatic heterocycles. The van der Waals surface area contributed by atoms with E-state index < -0.39 is 0 Å². The highest BCUT2D eigenvalue weighted by Gasteiger charge is 2.21. The Hall–Kier alpha value is -2.70. The maximum Gasteiger partial charge on any atom is 0.134 e. The predicted octanol–water partition coefficient (Wildman–Crippen LogP) is 3.80. The van der Waals surface area contributed by atoms with Gasteiger partial charge in [0.1, 0.15) is 5.75 Å². The summed E-state index contributed by atoms with van der Waals surface area (Å²) in [5, 5.41) is 1.33. The molecule has 0 spiro atoms. The van der Waals surface area contributed by atoms with Crippen LogP contribution in [0.25, 0.3) is 10.9 Å². The summed E-state index contributed by atoms with van der Waals surface area (Å²) in [6, 6.07) is 17.9. The van der Waals surface area contributed by atoms with Crippen molar-refractivity contribution >= 4 is 10.9 Å². The van der Waals surface area contributed by atoms with Gasteiger partial charge in [0, 0.05) is 36.6 Å². The van der Waals surface area contributed by atoms with Crippen LogP contribution in [-0.2, 0) is 13.0 Å². The number of benzene rings is 2. The van der Waals surface area contributed by atoms with Gasteiger partial charge in [0.25, 0.3) is 0 Å². The minimum atomic E-state index is 0.816. The van der Waals surface area contributed by atoms with Crippen molar-refractivity contribution in [3.63, 3.8) is 0 Å². The van der Waals surface area contributed by atoms with Gasteiger partial charge < -0.3 is 9.64 Å². The number of hydrogen-bond acceptors (Lipinski definition) is 2. The zero-order valence-electron chi connectivity index (χ0n) is 15.0. The van der Waals surface area contributed by atoms with Crippen molar-refractivity contribution < 1.29 is 4.74 Å². The van der Waals surface area contributed by atoms with E-state index in [2.05, 4.69) is 53.6 Å². The minimum absolute atomic E-state index is 0.816. The summed E-state index contributed by atoms with van der Waals surface area (Å²) in [5.41, 5.74) is 6.18. The van der Waals surface area contributed by atoms with Crippen LogP contribution in [0.15, 0.2) is 42.5 Å². The second kappa shape index (κ2) is 6.31. The van der Waals surface area contributed by atoms with Gasteiger partial charge in [0.2, 0.25) is 0 Å². The highest BCUT2D eigenvalue weighted by Crippen LogP contribution is 2.30. The van der Waals surface area contributed by atoms with Crippen molar-refractivity contribution in [3.8, 4) is 17.7 Å². The van der Waals surface area contributed by atoms with Crippen LogP contribution in [0.2, 0.25) is 0 Å². The fraction of sp³-hybridized carbons (Fsp3) is 0.273. The minimum Gasteiger partial charge on any atom is -0.495 e. The molecule has 1 aromatic heterocycles. The first-order chi connectivity index (χ1) is 12.2. The molecule has 3 heteroatoms. The molecule has 0 radical (unpaired) electrons. The molecule has 3 aromatic rings. The lowest BCUT2D eigenvalue weighted by molar-refractivity contribution is 0.311. The van der Waals surface area contributed by atoms with Crippen molar-refractivity contribution in [1.82, 2.24) is 9.47 Å². The number of ether oxygens (including phenoxy) is 1. The van der Waals surface area contributed by atoms with Gasteiger partial charge in [-0.1, -0.05) is 23.8 Å². The summed E-state index contributed by atoms with van der Waals surface area (Å²) in [7, 11) is 3.87. The van der Waals surface area contributed by atoms with E-state index in [0.717, 1.165) is 30.8 Å². The number of fused-ring (bicyclic) bond motifs is 3. The monoisotopic (exact) mass is 330 g/mol. The summed E-state index contributed by atoms with van der Waals surface area (Å²) in [5.74, 6) is 4.12. The SMILES string of the molecule is COc1ccccc1C#Cn1c2c(c3cc(C)ccc31)CN(C)CC2. The molecule has 0 N–H and O–H groups in total. The number of rotatable bonds is 1. The average Bonchev–Trinajstić information content (AvgIpc) is 2.92. The fourth-order valence-corrected chi connectivity index (χ4v) is 3.60. The third kappa shape index (κ3) is 2.79. The Labute approximate surface area is 148 Å². The van der Waals surface area contributed by atoms with Crippen molar-refractivity contribution in [2.45, 2.75) is 19.9 Å². The number of nitrogens with zero attached hydrogens (tertiary/aromatic N) is 2. The highest BCUT2D eigenvalue weighted by molar-refractivity contribution is 5.87. The zero-order chi connectivity index (χ0) is 17.4. The van der Waals surface area contributed by atoms with Gasteiger partial charge in [-0.3, -0.25) is 4.57 Å². The Kier molecular flexibility index (Phi) is 3.99. The van der Waals surface area contributed by atoms with Crippen LogP contribution < -0.4 is 4.74 Å². The molecule has 2 aromatic carbocycles. The Balaban J connectivity index is 1.90. The largest absolute Gasteiger partial charge is 0.495 e. The lowest BCUT2D eigenvalue weighted by Gasteiger charge is -2.23. The van der Waals surface area contributed by atoms with E-state index >= 15 is 0 Å². The molecule has 25 heavy (non-hydrogen) atoms. The molecule has 0 bridgehead atoms. The molecule has 0 saturated heterocycles. The summed E-state index contributed by atoms with van der Waals surface area (Å²) in [6.45, 7) is 4.20. The van der Waals surface area contributed by atoms with Crippen LogP contribution in [0, 0.1) is 18.9 Å². The van der Waals surface area contributed by atoms with E-state index in [9.17, 15) is 0 Å². The molecule has 126 valence electrons. The second-order valence-electron chi connectivity index (χ2n) is 6.71. The number of likely N-dealkylation sites (N-methyl/N-ethyl adjacent to an activating group) is 1. The number of hydrogen-bond donors (Lipinski definition) is 0. The van der Waals surface area contributed by atoms with E-state index in [1.165, 1.54) is 27.7 Å². The first kappa shape index (κ1) is 15.8. The molecule has 0 unspecified atom stereocenters. The van der Waals surface area contributed by atoms with E-state index in [4.69, 9.17) is 4.74 Å². The van der Waals surface area contributed by atoms with Gasteiger partial charge in [-0.2, -0.15) is 0 Å². The maximum atomic E-state index is 5.43. The Morgan fingerprint density at radius 2 is 1.96 bits per heavy atom. The van der Waals surface area contributed by atoms with E-state index in [1.807, 2.05) is 24.3 Å². The van der Waals surface area contributed by atoms with Gasteiger partial charge in [-0.25, -0.2) is 0 Å². The zero-order valence-corrected chi connectivity index (χ0v) is 15.0. The van der Waals surface area contributed by atoms with E-state index in [1.54, 1.807) is 7.11 Å². The van der Waals surface area contributed by atoms with Crippen LogP contribution in [0.3, 0.4) is 0 Å². The molecule has 2 heterocycles. The average molecular weight is 330 g/mol. The molecular formula is C22H22N2O. The van der Waals surface area contributed by atoms with Crippen LogP contribution in [-0.4, -0.2) is 30.2 Å². The molecular weight excluding hydrogens is 308 g/mol. The first-order valence-electron chi connectivity index (χ1n) is 8.64. The van der Waals surface area contributed by atoms with Crippen LogP contribution in [0.1, 0.15) is 22.4 Å². The number of para-hydroxylation sites is 1. The third-order valence-corrected chi connectivity index (χ3v) is 4.90. The highest BCUT2D eigenvalue weighted by atomic mass is 16.5. The summed E-state index contributed by atoms with van der Waals surface area (Å²) < 4.78 is 7.61. The summed E-state index contributed by atoms with van der Waals surface area (Å²) in [6.07, 6.45) is 1.03. The van der Waals surface area contributed by atoms with Gasteiger partial charge in [0.05, 0.1) is 18.2 Å². The van der Waals surface area contributed by atoms with Crippen LogP contribution in [0.4, 0.5) is 0 Å². The number of methoxy groups -OCH3 is 1. The molecule has 0 amide bonds. The Morgan fingerprint density at radius 3 is 2.80 bits per heavy atom. The standard InChI is InChI=1S/C22H22N2O/c1-16-8-9-20-18(14-16)19-15-23(2)12-11-21(19)24(20)13-10-17-6-4-5-7-22(17)25-3/h4-9,14H,11-12,15H2,1-3H3. The lowest BCUT2D eigenvalue weighted by Crippen LogP contribution is -2.27. The molecule has 0 atom stereocenters. The van der Waals surface area contributed by atoms with Gasteiger partial charge in [-0.05, 0) is 49.7 Å². The topological polar surface area (TPSA) is 17.4 Å². The van der Waals surface area contributed by atoms with Crippen molar-refractivity contribution in [1.29, 1.82) is 0 Å². The molecule has 0 aliphatic carbocycles. The van der Waals surface area contributed by atoms with Crippen LogP contribution in [0.5, 0.6) is 5.75 Å². The smallest absolute Gasteiger partial charge is 0.134 e. The molecule has 0 fully saturated rings. The van der Waals surface area contributed by atoms with Gasteiger partial charge in [0.15, 0.2) is 0 Å². The number of aryl methyl sites for hydroxylation is 1. The molecule has 4 rings (SSSR count). The Bertz CT molecular complexity index is 1000. The van der Waals surface area contributed by atoms with Crippen LogP contribution >= 0.6 is 0 Å². The van der Waals surface area contributed by atoms with E-state index in [0.29, 0.717) is 0 Å². The van der Waals surface area contributed by atoms with Crippen molar-refractivity contribution in [2.24, 2.45) is 0 Å². The molecule has 3 nitrogen and oxygen atoms in total. The fourth-order valence-electron chi connectivity index (χ4n) is 3.60. The lowest BCUT2D eigenvalue weighted by atomic mass is 10.0. The quantitative estimate of drug-likeness (QED) is 0.632. The molecule has 0 saturated carbocycles. The number of aromatic nitrogens is 1. The molecule has 1 aliphatic rings. The maximum absolute atomic E-state index is 5.43. The third-order valence-electron chi connectivity index (χ3n) is 4.90. The normalized spacial score (nSPS) is 14.0. The first-order valence-corrected chi connectivity index (χ1v) is 8.64. The van der Waals surface area contributed by atoms with Gasteiger partial charge in [-0.15, -0.1) is 0 Å². The Morgan fingerprint density at radius 1 is 1.12 bits per heavy atom. The summed E-state index contributed by atoms with van der Waals surface area (Å²) in [4.78, 5) is 2.38.